The molecule has 0 aliphatic heterocycles. The minimum Gasteiger partial charge on any atom is -0.356 e. The molecule has 0 spiro atoms. The fraction of sp³-hybridized carbons (Fsp3) is 0.333. The average molecular weight is 258 g/mol. The van der Waals surface area contributed by atoms with Crippen LogP contribution in [-0.2, 0) is 4.79 Å². The summed E-state index contributed by atoms with van der Waals surface area (Å²) < 4.78 is 0. The molecule has 2 rings (SSSR count). The van der Waals surface area contributed by atoms with Gasteiger partial charge in [0.25, 0.3) is 5.91 Å². The standard InChI is InChI=1S/C15H18N2O2/c1-2-3-6-9-17(11-18)15(19)14-13-8-5-4-7-12(13)10-16-14/h4-5,7-8,10-11,16H,2-3,6,9H2,1H3. The van der Waals surface area contributed by atoms with Gasteiger partial charge in [-0.15, -0.1) is 0 Å². The number of rotatable bonds is 6. The number of hydrogen-bond donors (Lipinski definition) is 1. The fourth-order valence-corrected chi connectivity index (χ4v) is 2.13. The predicted octanol–water partition coefficient (Wildman–Crippen LogP) is 2.96. The van der Waals surface area contributed by atoms with E-state index in [1.165, 1.54) is 4.90 Å². The molecule has 0 saturated heterocycles. The summed E-state index contributed by atoms with van der Waals surface area (Å²) in [6, 6.07) is 7.62. The van der Waals surface area contributed by atoms with E-state index in [-0.39, 0.29) is 5.91 Å². The molecule has 100 valence electrons. The van der Waals surface area contributed by atoms with E-state index in [0.717, 1.165) is 30.0 Å². The Morgan fingerprint density at radius 2 is 2.11 bits per heavy atom. The van der Waals surface area contributed by atoms with E-state index in [9.17, 15) is 9.59 Å². The molecule has 0 fully saturated rings. The molecule has 19 heavy (non-hydrogen) atoms. The molecule has 0 aliphatic rings. The van der Waals surface area contributed by atoms with Crippen molar-refractivity contribution in [3.8, 4) is 0 Å². The molecule has 0 saturated carbocycles. The zero-order valence-corrected chi connectivity index (χ0v) is 11.1. The molecule has 0 radical (unpaired) electrons. The Morgan fingerprint density at radius 1 is 1.32 bits per heavy atom. The quantitative estimate of drug-likeness (QED) is 0.639. The summed E-state index contributed by atoms with van der Waals surface area (Å²) in [6.07, 6.45) is 5.33. The Bertz CT molecular complexity index is 574. The summed E-state index contributed by atoms with van der Waals surface area (Å²) in [4.78, 5) is 27.6. The number of amides is 2. The van der Waals surface area contributed by atoms with Crippen LogP contribution in [0.3, 0.4) is 0 Å². The highest BCUT2D eigenvalue weighted by Crippen LogP contribution is 2.19. The maximum Gasteiger partial charge on any atom is 0.277 e. The molecule has 0 aliphatic carbocycles. The van der Waals surface area contributed by atoms with Gasteiger partial charge in [-0.1, -0.05) is 44.0 Å². The van der Waals surface area contributed by atoms with Crippen molar-refractivity contribution in [3.63, 3.8) is 0 Å². The van der Waals surface area contributed by atoms with Gasteiger partial charge in [-0.25, -0.2) is 0 Å². The first-order chi connectivity index (χ1) is 9.27. The first-order valence-electron chi connectivity index (χ1n) is 6.60. The first-order valence-corrected chi connectivity index (χ1v) is 6.60. The number of nitrogens with one attached hydrogen (secondary N) is 1. The van der Waals surface area contributed by atoms with Gasteiger partial charge < -0.3 is 4.98 Å². The topological polar surface area (TPSA) is 53.2 Å². The van der Waals surface area contributed by atoms with Crippen molar-refractivity contribution in [3.05, 3.63) is 36.2 Å². The van der Waals surface area contributed by atoms with Crippen molar-refractivity contribution in [1.29, 1.82) is 0 Å². The van der Waals surface area contributed by atoms with Crippen LogP contribution in [0.1, 0.15) is 36.7 Å². The Morgan fingerprint density at radius 3 is 2.84 bits per heavy atom. The van der Waals surface area contributed by atoms with E-state index in [4.69, 9.17) is 0 Å². The highest BCUT2D eigenvalue weighted by molar-refractivity contribution is 6.08. The third-order valence-electron chi connectivity index (χ3n) is 3.21. The maximum atomic E-state index is 12.3. The second-order valence-electron chi connectivity index (χ2n) is 4.56. The predicted molar refractivity (Wildman–Crippen MR) is 74.9 cm³/mol. The largest absolute Gasteiger partial charge is 0.356 e. The van der Waals surface area contributed by atoms with Crippen LogP contribution in [-0.4, -0.2) is 28.7 Å². The zero-order chi connectivity index (χ0) is 13.7. The minimum atomic E-state index is -0.257. The van der Waals surface area contributed by atoms with E-state index in [1.54, 1.807) is 6.20 Å². The van der Waals surface area contributed by atoms with Crippen LogP contribution in [0.4, 0.5) is 0 Å². The summed E-state index contributed by atoms with van der Waals surface area (Å²) in [7, 11) is 0. The van der Waals surface area contributed by atoms with Crippen LogP contribution >= 0.6 is 0 Å². The summed E-state index contributed by atoms with van der Waals surface area (Å²) in [5, 5.41) is 1.83. The molecule has 4 nitrogen and oxygen atoms in total. The van der Waals surface area contributed by atoms with Gasteiger partial charge in [-0.2, -0.15) is 0 Å². The van der Waals surface area contributed by atoms with Crippen molar-refractivity contribution < 1.29 is 9.59 Å². The lowest BCUT2D eigenvalue weighted by atomic mass is 10.1. The molecule has 1 aromatic carbocycles. The first kappa shape index (κ1) is 13.3. The molecule has 1 N–H and O–H groups in total. The number of carbonyl (C=O) groups excluding carboxylic acids is 2. The number of carbonyl (C=O) groups is 2. The molecular weight excluding hydrogens is 240 g/mol. The van der Waals surface area contributed by atoms with E-state index >= 15 is 0 Å². The summed E-state index contributed by atoms with van der Waals surface area (Å²) in [6.45, 7) is 2.56. The molecule has 4 heteroatoms. The second kappa shape index (κ2) is 6.18. The highest BCUT2D eigenvalue weighted by atomic mass is 16.2. The monoisotopic (exact) mass is 258 g/mol. The van der Waals surface area contributed by atoms with E-state index in [0.29, 0.717) is 18.6 Å². The smallest absolute Gasteiger partial charge is 0.277 e. The van der Waals surface area contributed by atoms with Gasteiger partial charge in [0.2, 0.25) is 6.41 Å². The number of benzene rings is 1. The number of unbranched alkanes of at least 4 members (excludes halogenated alkanes) is 2. The number of imide groups is 1. The molecule has 0 bridgehead atoms. The Kier molecular flexibility index (Phi) is 4.34. The summed E-state index contributed by atoms with van der Waals surface area (Å²) in [5.41, 5.74) is 0.485. The lowest BCUT2D eigenvalue weighted by Gasteiger charge is -2.14. The third-order valence-corrected chi connectivity index (χ3v) is 3.21. The van der Waals surface area contributed by atoms with Gasteiger partial charge in [0, 0.05) is 18.1 Å². The maximum absolute atomic E-state index is 12.3. The van der Waals surface area contributed by atoms with Gasteiger partial charge in [0.05, 0.1) is 0 Å². The van der Waals surface area contributed by atoms with Crippen molar-refractivity contribution in [2.75, 3.05) is 6.54 Å². The van der Waals surface area contributed by atoms with Gasteiger partial charge in [0.1, 0.15) is 5.69 Å². The SMILES string of the molecule is CCCCCN(C=O)C(=O)c1[nH]cc2ccccc12. The van der Waals surface area contributed by atoms with Crippen molar-refractivity contribution in [2.24, 2.45) is 0 Å². The van der Waals surface area contributed by atoms with E-state index in [2.05, 4.69) is 11.9 Å². The van der Waals surface area contributed by atoms with Gasteiger partial charge in [-0.3, -0.25) is 14.5 Å². The molecule has 2 amide bonds. The van der Waals surface area contributed by atoms with Crippen LogP contribution in [0.15, 0.2) is 30.5 Å². The number of hydrogen-bond acceptors (Lipinski definition) is 2. The lowest BCUT2D eigenvalue weighted by Crippen LogP contribution is -2.31. The third kappa shape index (κ3) is 2.84. The van der Waals surface area contributed by atoms with Crippen molar-refractivity contribution in [1.82, 2.24) is 9.88 Å². The number of fused-ring (bicyclic) bond motifs is 1. The number of nitrogens with zero attached hydrogens (tertiary/aromatic N) is 1. The van der Waals surface area contributed by atoms with Gasteiger partial charge in [-0.05, 0) is 11.8 Å². The zero-order valence-electron chi connectivity index (χ0n) is 11.1. The van der Waals surface area contributed by atoms with Crippen LogP contribution in [0.2, 0.25) is 0 Å². The van der Waals surface area contributed by atoms with Crippen molar-refractivity contribution >= 4 is 23.1 Å². The van der Waals surface area contributed by atoms with Crippen LogP contribution in [0, 0.1) is 0 Å². The normalized spacial score (nSPS) is 10.6. The molecule has 1 aromatic heterocycles. The van der Waals surface area contributed by atoms with Crippen molar-refractivity contribution in [2.45, 2.75) is 26.2 Å². The highest BCUT2D eigenvalue weighted by Gasteiger charge is 2.18. The lowest BCUT2D eigenvalue weighted by molar-refractivity contribution is -0.116. The minimum absolute atomic E-state index is 0.257. The second-order valence-corrected chi connectivity index (χ2v) is 4.56. The van der Waals surface area contributed by atoms with Crippen LogP contribution < -0.4 is 0 Å². The molecule has 1 heterocycles. The fourth-order valence-electron chi connectivity index (χ4n) is 2.13. The Labute approximate surface area is 112 Å². The number of H-pyrrole nitrogens is 1. The molecule has 2 aromatic rings. The van der Waals surface area contributed by atoms with Gasteiger partial charge in [0.15, 0.2) is 0 Å². The Balaban J connectivity index is 2.19. The van der Waals surface area contributed by atoms with E-state index in [1.807, 2.05) is 24.3 Å². The average Bonchev–Trinajstić information content (AvgIpc) is 2.87. The van der Waals surface area contributed by atoms with Crippen LogP contribution in [0.25, 0.3) is 10.8 Å². The molecule has 0 unspecified atom stereocenters. The number of aromatic nitrogens is 1. The van der Waals surface area contributed by atoms with Crippen LogP contribution in [0.5, 0.6) is 0 Å². The van der Waals surface area contributed by atoms with E-state index < -0.39 is 0 Å². The van der Waals surface area contributed by atoms with Gasteiger partial charge >= 0.3 is 0 Å². The Hall–Kier alpha value is -2.10. The summed E-state index contributed by atoms with van der Waals surface area (Å²) in [5.74, 6) is -0.257. The molecule has 0 atom stereocenters. The summed E-state index contributed by atoms with van der Waals surface area (Å²) >= 11 is 0. The number of aromatic amines is 1. The molecular formula is C15H18N2O2.